The van der Waals surface area contributed by atoms with Crippen molar-refractivity contribution in [3.63, 3.8) is 0 Å². The Labute approximate surface area is 113 Å². The van der Waals surface area contributed by atoms with Crippen molar-refractivity contribution >= 4 is 28.5 Å². The van der Waals surface area contributed by atoms with Gasteiger partial charge in [-0.15, -0.1) is 0 Å². The lowest BCUT2D eigenvalue weighted by molar-refractivity contribution is 0.724. The van der Waals surface area contributed by atoms with E-state index in [1.54, 1.807) is 0 Å². The molecule has 1 aliphatic heterocycles. The molecule has 2 aromatic rings. The van der Waals surface area contributed by atoms with Crippen molar-refractivity contribution in [3.05, 3.63) is 38.9 Å². The number of H-pyrrole nitrogens is 2. The van der Waals surface area contributed by atoms with Gasteiger partial charge in [0.2, 0.25) is 0 Å². The zero-order valence-electron chi connectivity index (χ0n) is 10.5. The van der Waals surface area contributed by atoms with E-state index in [0.717, 1.165) is 12.1 Å². The van der Waals surface area contributed by atoms with Gasteiger partial charge in [-0.3, -0.25) is 9.59 Å². The number of anilines is 1. The van der Waals surface area contributed by atoms with Crippen LogP contribution in [-0.2, 0) is 0 Å². The summed E-state index contributed by atoms with van der Waals surface area (Å²) in [6, 6.07) is 6.05. The van der Waals surface area contributed by atoms with E-state index in [1.807, 2.05) is 30.0 Å². The fourth-order valence-electron chi connectivity index (χ4n) is 2.34. The van der Waals surface area contributed by atoms with Crippen LogP contribution in [0.1, 0.15) is 13.3 Å². The van der Waals surface area contributed by atoms with Crippen molar-refractivity contribution in [2.75, 3.05) is 11.1 Å². The molecule has 100 valence electrons. The Kier molecular flexibility index (Phi) is 3.10. The van der Waals surface area contributed by atoms with Gasteiger partial charge in [-0.2, -0.15) is 11.8 Å². The predicted octanol–water partition coefficient (Wildman–Crippen LogP) is 1.52. The second-order valence-electron chi connectivity index (χ2n) is 4.78. The van der Waals surface area contributed by atoms with Crippen LogP contribution in [0.15, 0.2) is 27.8 Å². The molecule has 2 heterocycles. The third-order valence-electron chi connectivity index (χ3n) is 3.45. The minimum Gasteiger partial charge on any atom is -0.381 e. The van der Waals surface area contributed by atoms with E-state index in [-0.39, 0.29) is 0 Å². The number of aromatic amines is 2. The predicted molar refractivity (Wildman–Crippen MR) is 79.1 cm³/mol. The molecule has 19 heavy (non-hydrogen) atoms. The first-order valence-corrected chi connectivity index (χ1v) is 7.33. The van der Waals surface area contributed by atoms with Crippen LogP contribution < -0.4 is 16.4 Å². The molecule has 0 saturated carbocycles. The normalized spacial score (nSPS) is 22.8. The number of hydrogen-bond acceptors (Lipinski definition) is 4. The smallest absolute Gasteiger partial charge is 0.314 e. The molecule has 3 N–H and O–H groups in total. The summed E-state index contributed by atoms with van der Waals surface area (Å²) in [5.41, 5.74) is 1.02. The lowest BCUT2D eigenvalue weighted by atomic mass is 10.1. The van der Waals surface area contributed by atoms with Gasteiger partial charge < -0.3 is 15.3 Å². The third-order valence-corrected chi connectivity index (χ3v) is 4.78. The standard InChI is InChI=1S/C13H15N3O2S/c1-7-9(4-5-19-7)14-8-2-3-10-11(6-8)16-13(18)12(17)15-10/h2-3,6-7,9,14H,4-5H2,1H3,(H,15,17)(H,16,18). The monoisotopic (exact) mass is 277 g/mol. The van der Waals surface area contributed by atoms with Gasteiger partial charge in [0.05, 0.1) is 11.0 Å². The Morgan fingerprint density at radius 1 is 1.21 bits per heavy atom. The highest BCUT2D eigenvalue weighted by molar-refractivity contribution is 8.00. The molecule has 1 aromatic heterocycles. The Balaban J connectivity index is 1.95. The van der Waals surface area contributed by atoms with Gasteiger partial charge in [-0.25, -0.2) is 0 Å². The zero-order valence-corrected chi connectivity index (χ0v) is 11.3. The highest BCUT2D eigenvalue weighted by Crippen LogP contribution is 2.29. The van der Waals surface area contributed by atoms with Crippen molar-refractivity contribution in [1.29, 1.82) is 0 Å². The first-order valence-electron chi connectivity index (χ1n) is 6.28. The number of benzene rings is 1. The summed E-state index contributed by atoms with van der Waals surface area (Å²) in [4.78, 5) is 27.7. The zero-order chi connectivity index (χ0) is 13.4. The fraction of sp³-hybridized carbons (Fsp3) is 0.385. The number of aromatic nitrogens is 2. The molecule has 6 heteroatoms. The maximum absolute atomic E-state index is 11.3. The third kappa shape index (κ3) is 2.40. The summed E-state index contributed by atoms with van der Waals surface area (Å²) < 4.78 is 0. The average Bonchev–Trinajstić information content (AvgIpc) is 2.77. The Bertz CT molecular complexity index is 722. The van der Waals surface area contributed by atoms with Crippen LogP contribution >= 0.6 is 11.8 Å². The van der Waals surface area contributed by atoms with Crippen LogP contribution in [0.25, 0.3) is 11.0 Å². The number of fused-ring (bicyclic) bond motifs is 1. The minimum absolute atomic E-state index is 0.455. The second kappa shape index (κ2) is 4.77. The molecule has 0 spiro atoms. The molecule has 1 aromatic carbocycles. The molecule has 1 fully saturated rings. The Morgan fingerprint density at radius 2 is 1.95 bits per heavy atom. The van der Waals surface area contributed by atoms with Gasteiger partial charge in [0.1, 0.15) is 0 Å². The molecule has 3 rings (SSSR count). The molecule has 5 nitrogen and oxygen atoms in total. The molecule has 2 atom stereocenters. The molecule has 0 bridgehead atoms. The van der Waals surface area contributed by atoms with Crippen LogP contribution in [0, 0.1) is 0 Å². The minimum atomic E-state index is -0.617. The maximum Gasteiger partial charge on any atom is 0.314 e. The number of rotatable bonds is 2. The van der Waals surface area contributed by atoms with Crippen LogP contribution in [0.2, 0.25) is 0 Å². The first-order chi connectivity index (χ1) is 9.13. The van der Waals surface area contributed by atoms with Crippen molar-refractivity contribution in [1.82, 2.24) is 9.97 Å². The molecule has 0 aliphatic carbocycles. The SMILES string of the molecule is CC1SCCC1Nc1ccc2[nH]c(=O)c(=O)[nH]c2c1. The summed E-state index contributed by atoms with van der Waals surface area (Å²) in [6.45, 7) is 2.22. The van der Waals surface area contributed by atoms with E-state index >= 15 is 0 Å². The van der Waals surface area contributed by atoms with Gasteiger partial charge in [-0.05, 0) is 30.4 Å². The van der Waals surface area contributed by atoms with Crippen molar-refractivity contribution in [3.8, 4) is 0 Å². The molecule has 2 unspecified atom stereocenters. The van der Waals surface area contributed by atoms with Gasteiger partial charge in [0, 0.05) is 17.0 Å². The lowest BCUT2D eigenvalue weighted by Gasteiger charge is -2.18. The summed E-state index contributed by atoms with van der Waals surface area (Å²) in [7, 11) is 0. The van der Waals surface area contributed by atoms with E-state index in [9.17, 15) is 9.59 Å². The van der Waals surface area contributed by atoms with Gasteiger partial charge in [-0.1, -0.05) is 6.92 Å². The highest BCUT2D eigenvalue weighted by Gasteiger charge is 2.23. The van der Waals surface area contributed by atoms with Crippen molar-refractivity contribution in [2.45, 2.75) is 24.6 Å². The van der Waals surface area contributed by atoms with Crippen molar-refractivity contribution < 1.29 is 0 Å². The van der Waals surface area contributed by atoms with E-state index < -0.39 is 11.1 Å². The fourth-order valence-corrected chi connectivity index (χ4v) is 3.54. The van der Waals surface area contributed by atoms with Crippen molar-refractivity contribution in [2.24, 2.45) is 0 Å². The average molecular weight is 277 g/mol. The summed E-state index contributed by atoms with van der Waals surface area (Å²) in [6.07, 6.45) is 1.14. The summed E-state index contributed by atoms with van der Waals surface area (Å²) >= 11 is 1.96. The molecule has 1 saturated heterocycles. The maximum atomic E-state index is 11.3. The number of hydrogen-bond donors (Lipinski definition) is 3. The van der Waals surface area contributed by atoms with Crippen LogP contribution in [-0.4, -0.2) is 27.0 Å². The molecule has 1 aliphatic rings. The van der Waals surface area contributed by atoms with Crippen LogP contribution in [0.5, 0.6) is 0 Å². The topological polar surface area (TPSA) is 77.8 Å². The van der Waals surface area contributed by atoms with Gasteiger partial charge in [0.15, 0.2) is 0 Å². The highest BCUT2D eigenvalue weighted by atomic mass is 32.2. The van der Waals surface area contributed by atoms with E-state index in [2.05, 4.69) is 22.2 Å². The quantitative estimate of drug-likeness (QED) is 0.727. The molecule has 0 radical (unpaired) electrons. The Hall–Kier alpha value is -1.69. The summed E-state index contributed by atoms with van der Waals surface area (Å²) in [5, 5.41) is 4.07. The van der Waals surface area contributed by atoms with Gasteiger partial charge in [0.25, 0.3) is 0 Å². The van der Waals surface area contributed by atoms with Crippen LogP contribution in [0.4, 0.5) is 5.69 Å². The molecular formula is C13H15N3O2S. The number of thioether (sulfide) groups is 1. The van der Waals surface area contributed by atoms with E-state index in [4.69, 9.17) is 0 Å². The summed E-state index contributed by atoms with van der Waals surface area (Å²) in [5.74, 6) is 1.18. The number of nitrogens with one attached hydrogen (secondary N) is 3. The first kappa shape index (κ1) is 12.3. The largest absolute Gasteiger partial charge is 0.381 e. The second-order valence-corrected chi connectivity index (χ2v) is 6.27. The molecule has 0 amide bonds. The Morgan fingerprint density at radius 3 is 2.63 bits per heavy atom. The van der Waals surface area contributed by atoms with E-state index in [0.29, 0.717) is 22.3 Å². The lowest BCUT2D eigenvalue weighted by Crippen LogP contribution is -2.29. The van der Waals surface area contributed by atoms with Crippen LogP contribution in [0.3, 0.4) is 0 Å². The molecular weight excluding hydrogens is 262 g/mol. The van der Waals surface area contributed by atoms with Gasteiger partial charge >= 0.3 is 11.1 Å². The van der Waals surface area contributed by atoms with E-state index in [1.165, 1.54) is 5.75 Å².